The van der Waals surface area contributed by atoms with Crippen LogP contribution in [0.25, 0.3) is 0 Å². The van der Waals surface area contributed by atoms with Gasteiger partial charge in [-0.3, -0.25) is 18.1 Å². The summed E-state index contributed by atoms with van der Waals surface area (Å²) in [7, 11) is 2.98. The standard InChI is InChI=1S/2C8H16N2.C3H9O4P.C2H7O4P.CH3Cl.4CH4.ClH/c2*1-3-4-5-10-7-6-9(2)8-10;1-5-8(4,6-2)7-3;1-5-7(3,4)6-2;1-2;;;;;/h2*6-7H,3-5,8H2,1-2H3;1-3H3;1-2H3,(H,3,4);1H3;4*1H4;1H/p-2. The molecule has 0 fully saturated rings. The van der Waals surface area contributed by atoms with Crippen LogP contribution in [-0.2, 0) is 31.7 Å². The Morgan fingerprint density at radius 3 is 1.07 bits per heavy atom. The Morgan fingerprint density at radius 1 is 0.667 bits per heavy atom. The normalized spacial score (nSPS) is 12.5. The average molecular weight is 696 g/mol. The van der Waals surface area contributed by atoms with Gasteiger partial charge < -0.3 is 45.9 Å². The van der Waals surface area contributed by atoms with Gasteiger partial charge in [0.2, 0.25) is 0 Å². The zero-order valence-electron chi connectivity index (χ0n) is 24.7. The molecule has 0 saturated heterocycles. The maximum atomic E-state index is 10.7. The molecule has 0 N–H and O–H groups in total. The van der Waals surface area contributed by atoms with Gasteiger partial charge in [0.1, 0.15) is 0 Å². The number of rotatable bonds is 11. The molecule has 2 aliphatic rings. The molecular weight excluding hydrogens is 629 g/mol. The highest BCUT2D eigenvalue weighted by molar-refractivity contribution is 7.48. The largest absolute Gasteiger partial charge is 1.00 e. The van der Waals surface area contributed by atoms with E-state index in [1.807, 2.05) is 0 Å². The molecule has 0 atom stereocenters. The lowest BCUT2D eigenvalue weighted by Gasteiger charge is -2.17. The quantitative estimate of drug-likeness (QED) is 0.229. The minimum atomic E-state index is -3.90. The van der Waals surface area contributed by atoms with Gasteiger partial charge in [0.25, 0.3) is 7.82 Å². The van der Waals surface area contributed by atoms with Crippen LogP contribution in [-0.4, -0.2) is 102 Å². The van der Waals surface area contributed by atoms with Crippen molar-refractivity contribution >= 4 is 27.2 Å². The van der Waals surface area contributed by atoms with E-state index in [9.17, 15) is 14.0 Å². The van der Waals surface area contributed by atoms with Crippen LogP contribution in [0, 0.1) is 0 Å². The van der Waals surface area contributed by atoms with Crippen molar-refractivity contribution < 1.29 is 49.0 Å². The number of unbranched alkanes of at least 4 members (excludes halogenated alkanes) is 2. The van der Waals surface area contributed by atoms with Crippen LogP contribution in [0.5, 0.6) is 0 Å². The first-order valence-corrected chi connectivity index (χ1v) is 15.5. The van der Waals surface area contributed by atoms with E-state index in [0.29, 0.717) is 0 Å². The second kappa shape index (κ2) is 38.5. The molecule has 12 nitrogen and oxygen atoms in total. The van der Waals surface area contributed by atoms with Gasteiger partial charge in [-0.25, -0.2) is 4.57 Å². The number of hydrogen-bond donors (Lipinski definition) is 0. The summed E-state index contributed by atoms with van der Waals surface area (Å²) in [6.45, 7) is 9.00. The second-order valence-corrected chi connectivity index (χ2v) is 11.1. The molecule has 42 heavy (non-hydrogen) atoms. The number of nitrogens with zero attached hydrogens (tertiary/aromatic N) is 4. The Kier molecular flexibility index (Phi) is 55.6. The topological polar surface area (TPSA) is 116 Å². The molecule has 0 radical (unpaired) electrons. The van der Waals surface area contributed by atoms with E-state index in [-0.39, 0.29) is 42.1 Å². The van der Waals surface area contributed by atoms with Crippen molar-refractivity contribution in [3.05, 3.63) is 24.8 Å². The molecule has 0 aromatic carbocycles. The highest BCUT2D eigenvalue weighted by atomic mass is 35.5. The second-order valence-electron chi connectivity index (χ2n) is 7.53. The molecule has 0 aliphatic carbocycles. The van der Waals surface area contributed by atoms with Crippen molar-refractivity contribution in [2.45, 2.75) is 69.2 Å². The monoisotopic (exact) mass is 694 g/mol. The molecule has 0 bridgehead atoms. The van der Waals surface area contributed by atoms with Gasteiger partial charge in [-0.15, -0.1) is 11.6 Å². The van der Waals surface area contributed by atoms with E-state index >= 15 is 0 Å². The highest BCUT2D eigenvalue weighted by Gasteiger charge is 2.18. The first kappa shape index (κ1) is 60.6. The van der Waals surface area contributed by atoms with Gasteiger partial charge >= 0.3 is 7.82 Å². The fraction of sp³-hybridized carbons (Fsp3) is 0.846. The Labute approximate surface area is 271 Å². The number of phosphoric ester groups is 2. The summed E-state index contributed by atoms with van der Waals surface area (Å²) >= 11 is 4.64. The van der Waals surface area contributed by atoms with Crippen LogP contribution < -0.4 is 17.3 Å². The molecule has 0 unspecified atom stereocenters. The molecule has 0 amide bonds. The van der Waals surface area contributed by atoms with E-state index in [1.165, 1.54) is 66.5 Å². The average Bonchev–Trinajstić information content (AvgIpc) is 3.55. The third-order valence-corrected chi connectivity index (χ3v) is 6.83. The first-order chi connectivity index (χ1) is 17.5. The smallest absolute Gasteiger partial charge is 0.473 e. The lowest BCUT2D eigenvalue weighted by atomic mass is 10.3. The maximum Gasteiger partial charge on any atom is 0.473 e. The molecule has 16 heteroatoms. The van der Waals surface area contributed by atoms with Crippen molar-refractivity contribution in [2.24, 2.45) is 0 Å². The summed E-state index contributed by atoms with van der Waals surface area (Å²) in [5.41, 5.74) is 0. The fourth-order valence-electron chi connectivity index (χ4n) is 2.49. The molecule has 264 valence electrons. The summed E-state index contributed by atoms with van der Waals surface area (Å²) in [6.07, 6.45) is 15.2. The molecule has 0 spiro atoms. The van der Waals surface area contributed by atoms with E-state index < -0.39 is 15.6 Å². The Bertz CT molecular complexity index is 627. The van der Waals surface area contributed by atoms with Gasteiger partial charge in [0.15, 0.2) is 0 Å². The van der Waals surface area contributed by atoms with E-state index in [1.54, 1.807) is 0 Å². The van der Waals surface area contributed by atoms with Crippen molar-refractivity contribution in [1.82, 2.24) is 19.6 Å². The minimum absolute atomic E-state index is 0. The molecular formula is C26H66Cl2N4O8P2-2. The molecule has 2 heterocycles. The van der Waals surface area contributed by atoms with Crippen LogP contribution in [0.3, 0.4) is 0 Å². The van der Waals surface area contributed by atoms with Crippen LogP contribution in [0.1, 0.15) is 69.2 Å². The van der Waals surface area contributed by atoms with Crippen molar-refractivity contribution in [2.75, 3.05) is 82.5 Å². The van der Waals surface area contributed by atoms with Gasteiger partial charge in [0, 0.05) is 93.9 Å². The van der Waals surface area contributed by atoms with E-state index in [4.69, 9.17) is 0 Å². The third-order valence-electron chi connectivity index (χ3n) is 4.59. The summed E-state index contributed by atoms with van der Waals surface area (Å²) in [5.74, 6) is 0. The van der Waals surface area contributed by atoms with Crippen LogP contribution in [0.2, 0.25) is 0 Å². The lowest BCUT2D eigenvalue weighted by Crippen LogP contribution is -3.00. The SMILES string of the molecule is C.C.C.C.CCCCN1C=CN(C)C1.CCCCN1C=CN(C)C1.CCl.COP(=O)(OC)OC.COP(=O)([O-])OC.[Cl-]. The third kappa shape index (κ3) is 35.7. The Hall–Kier alpha value is -0.520. The predicted octanol–water partition coefficient (Wildman–Crippen LogP) is 4.11. The Balaban J connectivity index is -0.0000000582. The molecule has 2 aliphatic heterocycles. The van der Waals surface area contributed by atoms with Gasteiger partial charge in [-0.05, 0) is 12.8 Å². The Morgan fingerprint density at radius 2 is 0.952 bits per heavy atom. The van der Waals surface area contributed by atoms with Crippen LogP contribution >= 0.6 is 27.2 Å². The summed E-state index contributed by atoms with van der Waals surface area (Å²) in [5, 5.41) is 0. The molecule has 0 aromatic heterocycles. The summed E-state index contributed by atoms with van der Waals surface area (Å²) in [4.78, 5) is 19.0. The van der Waals surface area contributed by atoms with E-state index in [0.717, 1.165) is 27.6 Å². The minimum Gasteiger partial charge on any atom is -1.00 e. The van der Waals surface area contributed by atoms with Gasteiger partial charge in [-0.2, -0.15) is 0 Å². The molecule has 2 rings (SSSR count). The van der Waals surface area contributed by atoms with Gasteiger partial charge in [0.05, 0.1) is 13.3 Å². The highest BCUT2D eigenvalue weighted by Crippen LogP contribution is 2.46. The summed E-state index contributed by atoms with van der Waals surface area (Å²) in [6, 6.07) is 0. The number of halogens is 2. The van der Waals surface area contributed by atoms with Crippen molar-refractivity contribution in [3.8, 4) is 0 Å². The maximum absolute atomic E-state index is 10.7. The van der Waals surface area contributed by atoms with Crippen LogP contribution in [0.4, 0.5) is 0 Å². The zero-order valence-corrected chi connectivity index (χ0v) is 28.0. The van der Waals surface area contributed by atoms with Gasteiger partial charge in [-0.1, -0.05) is 56.4 Å². The zero-order chi connectivity index (χ0) is 29.3. The number of phosphoric acid groups is 2. The first-order valence-electron chi connectivity index (χ1n) is 11.8. The molecule has 0 saturated carbocycles. The predicted molar refractivity (Wildman–Crippen MR) is 176 cm³/mol. The van der Waals surface area contributed by atoms with Crippen LogP contribution in [0.15, 0.2) is 24.8 Å². The lowest BCUT2D eigenvalue weighted by molar-refractivity contribution is -0.220. The van der Waals surface area contributed by atoms with E-state index in [2.05, 4.69) is 107 Å². The van der Waals surface area contributed by atoms with Crippen molar-refractivity contribution in [1.29, 1.82) is 0 Å². The number of alkyl halides is 1. The van der Waals surface area contributed by atoms with Crippen molar-refractivity contribution in [3.63, 3.8) is 0 Å². The summed E-state index contributed by atoms with van der Waals surface area (Å²) < 4.78 is 41.4. The fourth-order valence-corrected chi connectivity index (χ4v) is 3.09. The number of hydrogen-bond acceptors (Lipinski definition) is 12. The molecule has 0 aromatic rings.